The van der Waals surface area contributed by atoms with Gasteiger partial charge in [-0.1, -0.05) is 19.3 Å². The van der Waals surface area contributed by atoms with Crippen LogP contribution < -0.4 is 10.6 Å². The number of carbonyl (C=O) groups is 2. The van der Waals surface area contributed by atoms with Gasteiger partial charge in [0.1, 0.15) is 5.65 Å². The van der Waals surface area contributed by atoms with Gasteiger partial charge >= 0.3 is 0 Å². The zero-order valence-corrected chi connectivity index (χ0v) is 16.2. The Morgan fingerprint density at radius 2 is 2.07 bits per heavy atom. The molecule has 1 saturated carbocycles. The molecule has 28 heavy (non-hydrogen) atoms. The van der Waals surface area contributed by atoms with Crippen LogP contribution in [0, 0.1) is 5.92 Å². The summed E-state index contributed by atoms with van der Waals surface area (Å²) in [6.45, 7) is 1.67. The number of carbonyl (C=O) groups excluding carboxylic acids is 2. The van der Waals surface area contributed by atoms with Crippen molar-refractivity contribution < 1.29 is 9.59 Å². The Bertz CT molecular complexity index is 922. The summed E-state index contributed by atoms with van der Waals surface area (Å²) in [5.74, 6) is 0.460. The van der Waals surface area contributed by atoms with Gasteiger partial charge in [-0.2, -0.15) is 4.98 Å². The van der Waals surface area contributed by atoms with E-state index < -0.39 is 0 Å². The molecule has 1 aliphatic carbocycles. The highest BCUT2D eigenvalue weighted by Gasteiger charge is 2.41. The molecule has 2 fully saturated rings. The third kappa shape index (κ3) is 2.92. The van der Waals surface area contributed by atoms with E-state index in [2.05, 4.69) is 20.2 Å². The van der Waals surface area contributed by atoms with Crippen LogP contribution >= 0.6 is 0 Å². The predicted molar refractivity (Wildman–Crippen MR) is 106 cm³/mol. The van der Waals surface area contributed by atoms with Gasteiger partial charge in [0.05, 0.1) is 11.6 Å². The fourth-order valence-electron chi connectivity index (χ4n) is 5.29. The molecule has 7 heteroatoms. The molecule has 1 amide bonds. The van der Waals surface area contributed by atoms with E-state index in [0.717, 1.165) is 55.4 Å². The number of hydrogen-bond donors (Lipinski definition) is 2. The molecule has 2 N–H and O–H groups in total. The van der Waals surface area contributed by atoms with Crippen LogP contribution in [0.4, 0.5) is 5.95 Å². The second-order valence-corrected chi connectivity index (χ2v) is 8.58. The average molecular weight is 381 g/mol. The highest BCUT2D eigenvalue weighted by Crippen LogP contribution is 2.45. The van der Waals surface area contributed by atoms with Gasteiger partial charge in [0, 0.05) is 30.1 Å². The zero-order valence-electron chi connectivity index (χ0n) is 16.2. The number of nitrogens with zero attached hydrogens (tertiary/aromatic N) is 3. The van der Waals surface area contributed by atoms with Gasteiger partial charge in [-0.05, 0) is 44.7 Å². The minimum Gasteiger partial charge on any atom is -0.316 e. The maximum absolute atomic E-state index is 12.6. The summed E-state index contributed by atoms with van der Waals surface area (Å²) in [6.07, 6.45) is 11.0. The predicted octanol–water partition coefficient (Wildman–Crippen LogP) is 3.01. The molecular weight excluding hydrogens is 354 g/mol. The average Bonchev–Trinajstić information content (AvgIpc) is 3.13. The molecule has 0 radical (unpaired) electrons. The number of fused-ring (bicyclic) bond motifs is 4. The maximum atomic E-state index is 12.6. The Hall–Kier alpha value is -2.28. The first-order valence-electron chi connectivity index (χ1n) is 10.6. The minimum absolute atomic E-state index is 0.00777. The lowest BCUT2D eigenvalue weighted by Gasteiger charge is -2.42. The fraction of sp³-hybridized carbons (Fsp3) is 0.619. The first-order valence-corrected chi connectivity index (χ1v) is 10.6. The van der Waals surface area contributed by atoms with E-state index in [4.69, 9.17) is 4.98 Å². The van der Waals surface area contributed by atoms with Gasteiger partial charge in [-0.15, -0.1) is 0 Å². The molecule has 5 rings (SSSR count). The Balaban J connectivity index is 1.52. The van der Waals surface area contributed by atoms with Crippen molar-refractivity contribution in [1.29, 1.82) is 0 Å². The van der Waals surface area contributed by atoms with Crippen molar-refractivity contribution in [2.45, 2.75) is 63.3 Å². The molecule has 148 valence electrons. The van der Waals surface area contributed by atoms with Gasteiger partial charge < -0.3 is 9.88 Å². The van der Waals surface area contributed by atoms with Crippen molar-refractivity contribution in [3.8, 4) is 0 Å². The number of hydrogen-bond acceptors (Lipinski definition) is 5. The maximum Gasteiger partial charge on any atom is 0.231 e. The van der Waals surface area contributed by atoms with Crippen LogP contribution in [0.5, 0.6) is 0 Å². The van der Waals surface area contributed by atoms with Crippen LogP contribution in [0.1, 0.15) is 68.3 Å². The fourth-order valence-corrected chi connectivity index (χ4v) is 5.29. The van der Waals surface area contributed by atoms with E-state index in [1.807, 2.05) is 6.07 Å². The number of nitrogens with one attached hydrogen (secondary N) is 2. The largest absolute Gasteiger partial charge is 0.316 e. The van der Waals surface area contributed by atoms with E-state index in [0.29, 0.717) is 18.9 Å². The highest BCUT2D eigenvalue weighted by atomic mass is 16.2. The first kappa shape index (κ1) is 17.8. The highest BCUT2D eigenvalue weighted by molar-refractivity contribution is 6.00. The molecule has 1 unspecified atom stereocenters. The molecule has 0 bridgehead atoms. The van der Waals surface area contributed by atoms with Crippen LogP contribution in [0.15, 0.2) is 12.3 Å². The third-order valence-electron chi connectivity index (χ3n) is 6.81. The Kier molecular flexibility index (Phi) is 4.42. The van der Waals surface area contributed by atoms with Gasteiger partial charge in [-0.25, -0.2) is 4.98 Å². The second-order valence-electron chi connectivity index (χ2n) is 8.58. The third-order valence-corrected chi connectivity index (χ3v) is 6.81. The molecule has 0 aromatic carbocycles. The summed E-state index contributed by atoms with van der Waals surface area (Å²) < 4.78 is 2.19. The number of Topliss-reactive ketones (excluding diaryl/α,β-unsaturated/α-hetero) is 1. The van der Waals surface area contributed by atoms with E-state index in [1.54, 1.807) is 6.20 Å². The Morgan fingerprint density at radius 3 is 2.86 bits per heavy atom. The molecule has 7 nitrogen and oxygen atoms in total. The number of rotatable bonds is 2. The normalized spacial score (nSPS) is 24.3. The van der Waals surface area contributed by atoms with Gasteiger partial charge in [0.15, 0.2) is 5.78 Å². The van der Waals surface area contributed by atoms with Crippen LogP contribution in [-0.4, -0.2) is 39.3 Å². The van der Waals surface area contributed by atoms with E-state index in [1.165, 1.54) is 19.3 Å². The summed E-state index contributed by atoms with van der Waals surface area (Å²) >= 11 is 0. The van der Waals surface area contributed by atoms with Crippen LogP contribution in [0.3, 0.4) is 0 Å². The second kappa shape index (κ2) is 6.95. The molecule has 2 aliphatic heterocycles. The standard InChI is InChI=1S/C21H27N5O2/c27-17-6-9-21(7-2-1-3-8-21)26-16(17)11-15-13-23-20(24-18(15)26)25-19(28)14-5-4-10-22-12-14/h11,13-14,22H,1-10,12H2,(H,23,24,25,28). The summed E-state index contributed by atoms with van der Waals surface area (Å²) in [7, 11) is 0. The molecular formula is C21H27N5O2. The van der Waals surface area contributed by atoms with E-state index in [-0.39, 0.29) is 23.1 Å². The van der Waals surface area contributed by atoms with Crippen molar-refractivity contribution in [3.63, 3.8) is 0 Å². The van der Waals surface area contributed by atoms with Crippen molar-refractivity contribution in [2.24, 2.45) is 5.92 Å². The quantitative estimate of drug-likeness (QED) is 0.835. The van der Waals surface area contributed by atoms with E-state index in [9.17, 15) is 9.59 Å². The topological polar surface area (TPSA) is 88.9 Å². The van der Waals surface area contributed by atoms with Gasteiger partial charge in [0.25, 0.3) is 0 Å². The Morgan fingerprint density at radius 1 is 1.21 bits per heavy atom. The molecule has 1 spiro atoms. The summed E-state index contributed by atoms with van der Waals surface area (Å²) in [6, 6.07) is 1.93. The van der Waals surface area contributed by atoms with Crippen LogP contribution in [0.25, 0.3) is 11.0 Å². The Labute approximate surface area is 164 Å². The minimum atomic E-state index is -0.0412. The monoisotopic (exact) mass is 381 g/mol. The molecule has 1 saturated heterocycles. The van der Waals surface area contributed by atoms with Gasteiger partial charge in [0.2, 0.25) is 11.9 Å². The van der Waals surface area contributed by atoms with Crippen LogP contribution in [0.2, 0.25) is 0 Å². The van der Waals surface area contributed by atoms with Gasteiger partial charge in [-0.3, -0.25) is 14.9 Å². The van der Waals surface area contributed by atoms with Crippen molar-refractivity contribution in [2.75, 3.05) is 18.4 Å². The molecule has 3 aliphatic rings. The number of piperidine rings is 1. The SMILES string of the molecule is O=C1CCC2(CCCCC2)n2c1cc1cnc(NC(=O)C3CCCNC3)nc12. The van der Waals surface area contributed by atoms with Crippen molar-refractivity contribution in [3.05, 3.63) is 18.0 Å². The molecule has 1 atom stereocenters. The van der Waals surface area contributed by atoms with Crippen LogP contribution in [-0.2, 0) is 10.3 Å². The number of anilines is 1. The lowest BCUT2D eigenvalue weighted by Crippen LogP contribution is -2.41. The lowest BCUT2D eigenvalue weighted by atomic mass is 9.75. The summed E-state index contributed by atoms with van der Waals surface area (Å²) in [4.78, 5) is 34.3. The molecule has 2 aromatic rings. The lowest BCUT2D eigenvalue weighted by molar-refractivity contribution is -0.120. The zero-order chi connectivity index (χ0) is 19.1. The number of ketones is 1. The van der Waals surface area contributed by atoms with Crippen molar-refractivity contribution >= 4 is 28.7 Å². The smallest absolute Gasteiger partial charge is 0.231 e. The summed E-state index contributed by atoms with van der Waals surface area (Å²) in [5.41, 5.74) is 1.54. The number of aromatic nitrogens is 3. The van der Waals surface area contributed by atoms with E-state index >= 15 is 0 Å². The summed E-state index contributed by atoms with van der Waals surface area (Å²) in [5, 5.41) is 7.05. The molecule has 4 heterocycles. The number of amides is 1. The first-order chi connectivity index (χ1) is 13.7. The van der Waals surface area contributed by atoms with Crippen molar-refractivity contribution in [1.82, 2.24) is 19.9 Å². The molecule has 2 aromatic heterocycles.